The van der Waals surface area contributed by atoms with Gasteiger partial charge in [-0.2, -0.15) is 0 Å². The molecule has 0 aromatic heterocycles. The van der Waals surface area contributed by atoms with Gasteiger partial charge in [-0.15, -0.1) is 11.8 Å². The summed E-state index contributed by atoms with van der Waals surface area (Å²) in [5.41, 5.74) is 0.548. The second-order valence-corrected chi connectivity index (χ2v) is 10.4. The van der Waals surface area contributed by atoms with Crippen LogP contribution < -0.4 is 9.47 Å². The van der Waals surface area contributed by atoms with Crippen molar-refractivity contribution < 1.29 is 28.9 Å². The Labute approximate surface area is 213 Å². The van der Waals surface area contributed by atoms with E-state index in [9.17, 15) is 14.7 Å². The number of thioether (sulfide) groups is 1. The lowest BCUT2D eigenvalue weighted by atomic mass is 9.89. The highest BCUT2D eigenvalue weighted by molar-refractivity contribution is 8.04. The number of ether oxygens (including phenoxy) is 3. The highest BCUT2D eigenvalue weighted by Crippen LogP contribution is 2.47. The first-order valence-electron chi connectivity index (χ1n) is 11.5. The minimum atomic E-state index is -0.628. The topological polar surface area (TPSA) is 85.3 Å². The number of likely N-dealkylation sites (tertiary alicyclic amines) is 1. The first-order valence-corrected chi connectivity index (χ1v) is 12.9. The van der Waals surface area contributed by atoms with E-state index >= 15 is 0 Å². The lowest BCUT2D eigenvalue weighted by Gasteiger charge is -2.45. The van der Waals surface area contributed by atoms with Gasteiger partial charge >= 0.3 is 0 Å². The van der Waals surface area contributed by atoms with Crippen LogP contribution in [0.4, 0.5) is 0 Å². The third-order valence-corrected chi connectivity index (χ3v) is 8.21. The summed E-state index contributed by atoms with van der Waals surface area (Å²) in [5.74, 6) is 1.37. The number of allylic oxidation sites excluding steroid dienone is 1. The van der Waals surface area contributed by atoms with Crippen LogP contribution in [0, 0.1) is 0 Å². The molecule has 9 heteroatoms. The van der Waals surface area contributed by atoms with Crippen LogP contribution in [-0.4, -0.2) is 72.4 Å². The number of Topliss-reactive ketones (excluding diaryl/α,β-unsaturated/α-hetero) is 2. The number of aliphatic hydroxyl groups excluding tert-OH is 1. The van der Waals surface area contributed by atoms with Crippen molar-refractivity contribution in [2.24, 2.45) is 0 Å². The van der Waals surface area contributed by atoms with Crippen molar-refractivity contribution >= 4 is 40.7 Å². The standard InChI is InChI=1S/C26H26ClNO6S/c1-32-19-6-7-20-21(12-19)24-25(23(31)22(20)30)35-15-26(34-24)8-10-28(11-9-26)13-17(29)14-33-18-4-2-16(27)3-5-18/h2-7,12,17,29H,8-11,13-15H2,1H3/t17-/m0/s1. The van der Waals surface area contributed by atoms with Crippen molar-refractivity contribution in [1.29, 1.82) is 0 Å². The Kier molecular flexibility index (Phi) is 6.81. The molecule has 3 aliphatic rings. The number of nitrogens with zero attached hydrogens (tertiary/aromatic N) is 1. The first kappa shape index (κ1) is 24.2. The molecule has 1 fully saturated rings. The molecular formula is C26H26ClNO6S. The molecule has 2 heterocycles. The lowest BCUT2D eigenvalue weighted by Crippen LogP contribution is -2.51. The molecule has 5 rings (SSSR count). The molecule has 1 saturated heterocycles. The van der Waals surface area contributed by atoms with Crippen molar-refractivity contribution in [1.82, 2.24) is 4.90 Å². The molecule has 2 aromatic rings. The summed E-state index contributed by atoms with van der Waals surface area (Å²) in [7, 11) is 1.56. The fourth-order valence-electron chi connectivity index (χ4n) is 4.63. The van der Waals surface area contributed by atoms with Gasteiger partial charge in [-0.25, -0.2) is 0 Å². The van der Waals surface area contributed by atoms with E-state index < -0.39 is 23.3 Å². The number of β-amino-alcohol motifs (C(OH)–C–C–N with tert-alkyl or cyclic N) is 1. The maximum absolute atomic E-state index is 12.7. The number of fused-ring (bicyclic) bond motifs is 2. The van der Waals surface area contributed by atoms with Gasteiger partial charge in [0, 0.05) is 54.4 Å². The van der Waals surface area contributed by atoms with Crippen LogP contribution in [0.25, 0.3) is 5.76 Å². The van der Waals surface area contributed by atoms with Crippen LogP contribution in [0.5, 0.6) is 11.5 Å². The molecule has 0 amide bonds. The Morgan fingerprint density at radius 2 is 1.80 bits per heavy atom. The van der Waals surface area contributed by atoms with Gasteiger partial charge in [0.15, 0.2) is 0 Å². The second kappa shape index (κ2) is 9.85. The van der Waals surface area contributed by atoms with Crippen LogP contribution in [0.2, 0.25) is 5.02 Å². The molecule has 0 bridgehead atoms. The van der Waals surface area contributed by atoms with E-state index in [1.54, 1.807) is 49.6 Å². The monoisotopic (exact) mass is 515 g/mol. The number of halogens is 1. The Balaban J connectivity index is 1.22. The largest absolute Gasteiger partial charge is 0.497 e. The number of aliphatic hydroxyl groups is 1. The van der Waals surface area contributed by atoms with Gasteiger partial charge in [0.2, 0.25) is 11.6 Å². The summed E-state index contributed by atoms with van der Waals surface area (Å²) in [4.78, 5) is 27.9. The minimum absolute atomic E-state index is 0.195. The maximum atomic E-state index is 12.7. The predicted octanol–water partition coefficient (Wildman–Crippen LogP) is 3.82. The third-order valence-electron chi connectivity index (χ3n) is 6.63. The predicted molar refractivity (Wildman–Crippen MR) is 134 cm³/mol. The van der Waals surface area contributed by atoms with Crippen LogP contribution in [0.3, 0.4) is 0 Å². The summed E-state index contributed by atoms with van der Waals surface area (Å²) in [5, 5.41) is 11.1. The van der Waals surface area contributed by atoms with Crippen LogP contribution in [0.15, 0.2) is 47.4 Å². The van der Waals surface area contributed by atoms with E-state index in [0.717, 1.165) is 25.9 Å². The zero-order chi connectivity index (χ0) is 24.6. The SMILES string of the molecule is COc1ccc2c(c1)C1=C(SCC3(CCN(C[C@H](O)COc4ccc(Cl)cc4)CC3)O1)C(=O)C2=O. The number of rotatable bonds is 6. The van der Waals surface area contributed by atoms with Gasteiger partial charge in [-0.1, -0.05) is 11.6 Å². The van der Waals surface area contributed by atoms with E-state index in [1.807, 2.05) is 0 Å². The number of piperidine rings is 1. The molecule has 0 saturated carbocycles. The fraction of sp³-hybridized carbons (Fsp3) is 0.385. The van der Waals surface area contributed by atoms with Gasteiger partial charge < -0.3 is 24.2 Å². The molecule has 2 aromatic carbocycles. The zero-order valence-corrected chi connectivity index (χ0v) is 20.9. The lowest BCUT2D eigenvalue weighted by molar-refractivity contribution is -0.111. The molecule has 1 aliphatic carbocycles. The van der Waals surface area contributed by atoms with Crippen molar-refractivity contribution in [3.05, 3.63) is 63.5 Å². The number of ketones is 2. The number of carbonyl (C=O) groups excluding carboxylic acids is 2. The van der Waals surface area contributed by atoms with E-state index in [1.165, 1.54) is 11.8 Å². The molecule has 1 spiro atoms. The molecule has 1 atom stereocenters. The van der Waals surface area contributed by atoms with E-state index in [2.05, 4.69) is 4.90 Å². The number of methoxy groups -OCH3 is 1. The van der Waals surface area contributed by atoms with Gasteiger partial charge in [0.05, 0.1) is 7.11 Å². The summed E-state index contributed by atoms with van der Waals surface area (Å²) in [6.45, 7) is 2.19. The Morgan fingerprint density at radius 3 is 2.51 bits per heavy atom. The molecular weight excluding hydrogens is 490 g/mol. The Hall–Kier alpha value is -2.52. The first-order chi connectivity index (χ1) is 16.9. The summed E-state index contributed by atoms with van der Waals surface area (Å²) < 4.78 is 17.5. The van der Waals surface area contributed by atoms with Crippen LogP contribution in [0.1, 0.15) is 28.8 Å². The fourth-order valence-corrected chi connectivity index (χ4v) is 6.02. The minimum Gasteiger partial charge on any atom is -0.497 e. The zero-order valence-electron chi connectivity index (χ0n) is 19.3. The van der Waals surface area contributed by atoms with Crippen LogP contribution in [-0.2, 0) is 9.53 Å². The van der Waals surface area contributed by atoms with E-state index in [-0.39, 0.29) is 6.61 Å². The smallest absolute Gasteiger partial charge is 0.243 e. The van der Waals surface area contributed by atoms with Crippen LogP contribution >= 0.6 is 23.4 Å². The van der Waals surface area contributed by atoms with E-state index in [4.69, 9.17) is 25.8 Å². The highest BCUT2D eigenvalue weighted by atomic mass is 35.5. The average molecular weight is 516 g/mol. The molecule has 0 radical (unpaired) electrons. The third kappa shape index (κ3) is 4.93. The Morgan fingerprint density at radius 1 is 1.09 bits per heavy atom. The molecule has 2 aliphatic heterocycles. The summed E-state index contributed by atoms with van der Waals surface area (Å²) >= 11 is 7.30. The highest BCUT2D eigenvalue weighted by Gasteiger charge is 2.46. The average Bonchev–Trinajstić information content (AvgIpc) is 2.88. The van der Waals surface area contributed by atoms with Gasteiger partial charge in [0.1, 0.15) is 40.5 Å². The van der Waals surface area contributed by atoms with Crippen molar-refractivity contribution in [3.63, 3.8) is 0 Å². The van der Waals surface area contributed by atoms with Crippen molar-refractivity contribution in [3.8, 4) is 11.5 Å². The van der Waals surface area contributed by atoms with Crippen molar-refractivity contribution in [2.45, 2.75) is 24.5 Å². The van der Waals surface area contributed by atoms with E-state index in [0.29, 0.717) is 50.6 Å². The summed E-state index contributed by atoms with van der Waals surface area (Å²) in [6.07, 6.45) is 0.878. The van der Waals surface area contributed by atoms with Gasteiger partial charge in [-0.3, -0.25) is 9.59 Å². The van der Waals surface area contributed by atoms with Gasteiger partial charge in [0.25, 0.3) is 0 Å². The summed E-state index contributed by atoms with van der Waals surface area (Å²) in [6, 6.07) is 12.1. The quantitative estimate of drug-likeness (QED) is 0.581. The normalized spacial score (nSPS) is 20.2. The van der Waals surface area contributed by atoms with Crippen molar-refractivity contribution in [2.75, 3.05) is 39.1 Å². The molecule has 1 N–H and O–H groups in total. The Bertz CT molecular complexity index is 1170. The number of hydrogen-bond donors (Lipinski definition) is 1. The molecule has 184 valence electrons. The number of benzene rings is 2. The number of carbonyl (C=O) groups is 2. The maximum Gasteiger partial charge on any atom is 0.243 e. The molecule has 0 unspecified atom stereocenters. The van der Waals surface area contributed by atoms with Gasteiger partial charge in [-0.05, 0) is 42.5 Å². The molecule has 35 heavy (non-hydrogen) atoms. The molecule has 7 nitrogen and oxygen atoms in total. The second-order valence-electron chi connectivity index (χ2n) is 9.02. The number of hydrogen-bond acceptors (Lipinski definition) is 8.